The Labute approximate surface area is 111 Å². The van der Waals surface area contributed by atoms with Crippen LogP contribution in [0.15, 0.2) is 48.5 Å². The van der Waals surface area contributed by atoms with E-state index >= 15 is 0 Å². The first-order valence-corrected chi connectivity index (χ1v) is 6.13. The van der Waals surface area contributed by atoms with E-state index in [0.29, 0.717) is 12.1 Å². The van der Waals surface area contributed by atoms with Crippen molar-refractivity contribution >= 4 is 6.08 Å². The van der Waals surface area contributed by atoms with Gasteiger partial charge in [-0.15, -0.1) is 0 Å². The molecular weight excluding hydrogens is 244 g/mol. The van der Waals surface area contributed by atoms with Crippen molar-refractivity contribution in [1.29, 1.82) is 0 Å². The molecule has 0 heterocycles. The van der Waals surface area contributed by atoms with E-state index in [-0.39, 0.29) is 0 Å². The summed E-state index contributed by atoms with van der Waals surface area (Å²) in [6.07, 6.45) is 4.77. The van der Waals surface area contributed by atoms with E-state index in [2.05, 4.69) is 0 Å². The molecule has 0 aliphatic heterocycles. The van der Waals surface area contributed by atoms with Gasteiger partial charge in [-0.1, -0.05) is 36.4 Å². The molecule has 2 aromatic carbocycles. The first-order valence-electron chi connectivity index (χ1n) is 6.13. The summed E-state index contributed by atoms with van der Waals surface area (Å²) in [5.41, 5.74) is 7.94. The van der Waals surface area contributed by atoms with Crippen LogP contribution in [0, 0.1) is 11.6 Å². The van der Waals surface area contributed by atoms with Gasteiger partial charge in [-0.2, -0.15) is 0 Å². The van der Waals surface area contributed by atoms with Crippen molar-refractivity contribution in [2.75, 3.05) is 6.54 Å². The molecule has 0 aromatic heterocycles. The number of benzene rings is 2. The van der Waals surface area contributed by atoms with Gasteiger partial charge < -0.3 is 5.73 Å². The summed E-state index contributed by atoms with van der Waals surface area (Å²) in [6, 6.07) is 11.6. The Morgan fingerprint density at radius 2 is 1.74 bits per heavy atom. The first-order chi connectivity index (χ1) is 9.20. The second-order valence-corrected chi connectivity index (χ2v) is 4.23. The molecule has 0 fully saturated rings. The number of rotatable bonds is 4. The molecule has 0 aliphatic carbocycles. The number of hydrogen-bond acceptors (Lipinski definition) is 1. The van der Waals surface area contributed by atoms with Crippen molar-refractivity contribution in [3.05, 3.63) is 65.7 Å². The Morgan fingerprint density at radius 1 is 0.947 bits per heavy atom. The van der Waals surface area contributed by atoms with Gasteiger partial charge in [0.15, 0.2) is 11.6 Å². The maximum absolute atomic E-state index is 13.2. The van der Waals surface area contributed by atoms with Crippen LogP contribution < -0.4 is 5.73 Å². The predicted octanol–water partition coefficient (Wildman–Crippen LogP) is 3.99. The van der Waals surface area contributed by atoms with Crippen molar-refractivity contribution in [2.24, 2.45) is 5.73 Å². The van der Waals surface area contributed by atoms with Crippen LogP contribution in [-0.4, -0.2) is 6.54 Å². The van der Waals surface area contributed by atoms with E-state index in [0.717, 1.165) is 23.6 Å². The van der Waals surface area contributed by atoms with Crippen LogP contribution in [0.4, 0.5) is 8.78 Å². The highest BCUT2D eigenvalue weighted by molar-refractivity contribution is 5.67. The molecule has 2 aromatic rings. The summed E-state index contributed by atoms with van der Waals surface area (Å²) in [6.45, 7) is 0.610. The fourth-order valence-corrected chi connectivity index (χ4v) is 1.81. The molecule has 0 saturated heterocycles. The standard InChI is InChI=1S/C16H15F2N/c17-15-8-7-14(11-16(15)18)13-6-3-5-12(10-13)4-1-2-9-19/h1,3-8,10-11H,2,9,19H2/b4-1+. The summed E-state index contributed by atoms with van der Waals surface area (Å²) in [5, 5.41) is 0. The lowest BCUT2D eigenvalue weighted by Crippen LogP contribution is -1.94. The molecule has 0 atom stereocenters. The zero-order chi connectivity index (χ0) is 13.7. The number of halogens is 2. The SMILES string of the molecule is NCC/C=C/c1cccc(-c2ccc(F)c(F)c2)c1. The maximum atomic E-state index is 13.2. The highest BCUT2D eigenvalue weighted by Gasteiger charge is 2.04. The summed E-state index contributed by atoms with van der Waals surface area (Å²) in [4.78, 5) is 0. The highest BCUT2D eigenvalue weighted by Crippen LogP contribution is 2.23. The topological polar surface area (TPSA) is 26.0 Å². The van der Waals surface area contributed by atoms with Gasteiger partial charge in [0, 0.05) is 0 Å². The van der Waals surface area contributed by atoms with Crippen LogP contribution in [0.3, 0.4) is 0 Å². The van der Waals surface area contributed by atoms with Crippen LogP contribution in [0.5, 0.6) is 0 Å². The molecule has 2 N–H and O–H groups in total. The lowest BCUT2D eigenvalue weighted by atomic mass is 10.0. The minimum absolute atomic E-state index is 0.610. The van der Waals surface area contributed by atoms with Crippen LogP contribution >= 0.6 is 0 Å². The molecule has 0 unspecified atom stereocenters. The summed E-state index contributed by atoms with van der Waals surface area (Å²) in [5.74, 6) is -1.66. The van der Waals surface area contributed by atoms with Crippen LogP contribution in [0.2, 0.25) is 0 Å². The number of nitrogens with two attached hydrogens (primary N) is 1. The van der Waals surface area contributed by atoms with Crippen molar-refractivity contribution < 1.29 is 8.78 Å². The molecule has 0 bridgehead atoms. The quantitative estimate of drug-likeness (QED) is 0.882. The molecule has 19 heavy (non-hydrogen) atoms. The van der Waals surface area contributed by atoms with Gasteiger partial charge in [0.05, 0.1) is 0 Å². The van der Waals surface area contributed by atoms with Gasteiger partial charge >= 0.3 is 0 Å². The fraction of sp³-hybridized carbons (Fsp3) is 0.125. The summed E-state index contributed by atoms with van der Waals surface area (Å²) in [7, 11) is 0. The average molecular weight is 259 g/mol. The third kappa shape index (κ3) is 3.48. The molecule has 0 amide bonds. The lowest BCUT2D eigenvalue weighted by molar-refractivity contribution is 0.509. The lowest BCUT2D eigenvalue weighted by Gasteiger charge is -2.04. The second-order valence-electron chi connectivity index (χ2n) is 4.23. The largest absolute Gasteiger partial charge is 0.330 e. The zero-order valence-corrected chi connectivity index (χ0v) is 10.4. The predicted molar refractivity (Wildman–Crippen MR) is 74.5 cm³/mol. The van der Waals surface area contributed by atoms with Gasteiger partial charge in [-0.3, -0.25) is 0 Å². The first kappa shape index (κ1) is 13.4. The van der Waals surface area contributed by atoms with E-state index < -0.39 is 11.6 Å². The highest BCUT2D eigenvalue weighted by atomic mass is 19.2. The third-order valence-electron chi connectivity index (χ3n) is 2.78. The summed E-state index contributed by atoms with van der Waals surface area (Å²) < 4.78 is 26.1. The van der Waals surface area contributed by atoms with E-state index in [4.69, 9.17) is 5.73 Å². The van der Waals surface area contributed by atoms with Gasteiger partial charge in [0.25, 0.3) is 0 Å². The van der Waals surface area contributed by atoms with Crippen molar-refractivity contribution in [3.63, 3.8) is 0 Å². The van der Waals surface area contributed by atoms with E-state index in [9.17, 15) is 8.78 Å². The van der Waals surface area contributed by atoms with Crippen molar-refractivity contribution in [2.45, 2.75) is 6.42 Å². The molecule has 0 radical (unpaired) electrons. The Morgan fingerprint density at radius 3 is 2.47 bits per heavy atom. The minimum Gasteiger partial charge on any atom is -0.330 e. The average Bonchev–Trinajstić information content (AvgIpc) is 2.43. The molecule has 98 valence electrons. The number of hydrogen-bond donors (Lipinski definition) is 1. The minimum atomic E-state index is -0.832. The Hall–Kier alpha value is -2.00. The van der Waals surface area contributed by atoms with Crippen LogP contribution in [0.25, 0.3) is 17.2 Å². The second kappa shape index (κ2) is 6.25. The third-order valence-corrected chi connectivity index (χ3v) is 2.78. The zero-order valence-electron chi connectivity index (χ0n) is 10.4. The normalized spacial score (nSPS) is 11.1. The van der Waals surface area contributed by atoms with Crippen molar-refractivity contribution in [3.8, 4) is 11.1 Å². The maximum Gasteiger partial charge on any atom is 0.159 e. The van der Waals surface area contributed by atoms with Gasteiger partial charge in [-0.05, 0) is 47.9 Å². The molecule has 2 rings (SSSR count). The van der Waals surface area contributed by atoms with E-state index in [1.165, 1.54) is 6.07 Å². The molecular formula is C16H15F2N. The van der Waals surface area contributed by atoms with Gasteiger partial charge in [0.2, 0.25) is 0 Å². The molecule has 0 spiro atoms. The monoisotopic (exact) mass is 259 g/mol. The van der Waals surface area contributed by atoms with Gasteiger partial charge in [0.1, 0.15) is 0 Å². The molecule has 0 aliphatic rings. The molecule has 1 nitrogen and oxygen atoms in total. The Kier molecular flexibility index (Phi) is 4.42. The summed E-state index contributed by atoms with van der Waals surface area (Å²) >= 11 is 0. The van der Waals surface area contributed by atoms with Crippen molar-refractivity contribution in [1.82, 2.24) is 0 Å². The fourth-order valence-electron chi connectivity index (χ4n) is 1.81. The van der Waals surface area contributed by atoms with E-state index in [1.807, 2.05) is 36.4 Å². The smallest absolute Gasteiger partial charge is 0.159 e. The molecule has 3 heteroatoms. The Bertz CT molecular complexity index is 591. The van der Waals surface area contributed by atoms with Gasteiger partial charge in [-0.25, -0.2) is 8.78 Å². The van der Waals surface area contributed by atoms with Crippen LogP contribution in [-0.2, 0) is 0 Å². The van der Waals surface area contributed by atoms with Crippen LogP contribution in [0.1, 0.15) is 12.0 Å². The molecule has 0 saturated carbocycles. The van der Waals surface area contributed by atoms with E-state index in [1.54, 1.807) is 6.07 Å². The Balaban J connectivity index is 2.29.